The highest BCUT2D eigenvalue weighted by Gasteiger charge is 2.32. The lowest BCUT2D eigenvalue weighted by atomic mass is 9.97. The first-order valence-electron chi connectivity index (χ1n) is 11.3. The molecule has 2 aromatic rings. The Morgan fingerprint density at radius 3 is 2.15 bits per heavy atom. The summed E-state index contributed by atoms with van der Waals surface area (Å²) in [5.74, 6) is -0.638. The fourth-order valence-corrected chi connectivity index (χ4v) is 5.29. The van der Waals surface area contributed by atoms with Crippen LogP contribution < -0.4 is 10.6 Å². The number of benzene rings is 2. The summed E-state index contributed by atoms with van der Waals surface area (Å²) < 4.78 is 27.5. The number of anilines is 2. The lowest BCUT2D eigenvalue weighted by Crippen LogP contribution is -2.41. The molecule has 2 N–H and O–H groups in total. The smallest absolute Gasteiger partial charge is 0.243 e. The van der Waals surface area contributed by atoms with E-state index in [1.54, 1.807) is 24.3 Å². The molecular weight excluding hydrogens is 438 g/mol. The third-order valence-electron chi connectivity index (χ3n) is 6.23. The zero-order chi connectivity index (χ0) is 24.3. The van der Waals surface area contributed by atoms with E-state index >= 15 is 0 Å². The molecule has 33 heavy (non-hydrogen) atoms. The topological polar surface area (TPSA) is 95.6 Å². The van der Waals surface area contributed by atoms with Crippen molar-refractivity contribution >= 4 is 33.2 Å². The van der Waals surface area contributed by atoms with Crippen molar-refractivity contribution in [3.05, 3.63) is 53.1 Å². The van der Waals surface area contributed by atoms with Gasteiger partial charge in [0.05, 0.1) is 4.90 Å². The summed E-state index contributed by atoms with van der Waals surface area (Å²) >= 11 is 0. The Kier molecular flexibility index (Phi) is 7.59. The normalized spacial score (nSPS) is 15.5. The predicted octanol–water partition coefficient (Wildman–Crippen LogP) is 4.25. The van der Waals surface area contributed by atoms with Gasteiger partial charge in [0.25, 0.3) is 0 Å². The monoisotopic (exact) mass is 471 g/mol. The van der Waals surface area contributed by atoms with Gasteiger partial charge < -0.3 is 10.6 Å². The van der Waals surface area contributed by atoms with Crippen LogP contribution in [-0.4, -0.2) is 37.6 Å². The van der Waals surface area contributed by atoms with Crippen LogP contribution in [0.1, 0.15) is 43.4 Å². The summed E-state index contributed by atoms with van der Waals surface area (Å²) in [7, 11) is -3.58. The average molecular weight is 472 g/mol. The van der Waals surface area contributed by atoms with Gasteiger partial charge in [-0.25, -0.2) is 8.42 Å². The van der Waals surface area contributed by atoms with Crippen LogP contribution in [-0.2, 0) is 19.6 Å². The maximum atomic E-state index is 13.0. The maximum absolute atomic E-state index is 13.0. The molecule has 7 nitrogen and oxygen atoms in total. The van der Waals surface area contributed by atoms with Crippen LogP contribution in [0.3, 0.4) is 0 Å². The third kappa shape index (κ3) is 5.81. The first-order chi connectivity index (χ1) is 15.5. The number of nitrogens with one attached hydrogen (secondary N) is 2. The summed E-state index contributed by atoms with van der Waals surface area (Å²) in [6.45, 7) is 9.98. The number of piperidine rings is 1. The molecule has 0 radical (unpaired) electrons. The van der Waals surface area contributed by atoms with E-state index in [4.69, 9.17) is 0 Å². The summed E-state index contributed by atoms with van der Waals surface area (Å²) in [6.07, 6.45) is 0.914. The molecule has 1 aliphatic rings. The fourth-order valence-electron chi connectivity index (χ4n) is 3.74. The van der Waals surface area contributed by atoms with Crippen molar-refractivity contribution < 1.29 is 18.0 Å². The van der Waals surface area contributed by atoms with Crippen molar-refractivity contribution in [2.75, 3.05) is 23.7 Å². The molecule has 0 aliphatic carbocycles. The van der Waals surface area contributed by atoms with Crippen LogP contribution in [0, 0.1) is 32.6 Å². The van der Waals surface area contributed by atoms with Crippen LogP contribution in [0.4, 0.5) is 11.4 Å². The van der Waals surface area contributed by atoms with Crippen LogP contribution in [0.2, 0.25) is 0 Å². The fraction of sp³-hybridized carbons (Fsp3) is 0.440. The number of carbonyl (C=O) groups is 2. The van der Waals surface area contributed by atoms with Gasteiger partial charge in [0, 0.05) is 36.3 Å². The van der Waals surface area contributed by atoms with E-state index in [0.29, 0.717) is 42.2 Å². The Morgan fingerprint density at radius 2 is 1.55 bits per heavy atom. The van der Waals surface area contributed by atoms with Crippen LogP contribution >= 0.6 is 0 Å². The number of amides is 2. The van der Waals surface area contributed by atoms with Crippen LogP contribution in [0.5, 0.6) is 0 Å². The van der Waals surface area contributed by atoms with Crippen molar-refractivity contribution in [1.29, 1.82) is 0 Å². The SMILES string of the molecule is Cc1ccc(S(=O)(=O)N2CCC(C(=O)Nc3cc(NC(=O)C(C)C)ccc3C)CC2)cc1C. The largest absolute Gasteiger partial charge is 0.326 e. The number of hydrogen-bond donors (Lipinski definition) is 2. The van der Waals surface area contributed by atoms with Gasteiger partial charge in [0.1, 0.15) is 0 Å². The Bertz CT molecular complexity index is 1150. The van der Waals surface area contributed by atoms with Gasteiger partial charge in [0.15, 0.2) is 0 Å². The molecule has 1 heterocycles. The summed E-state index contributed by atoms with van der Waals surface area (Å²) in [5, 5.41) is 5.81. The van der Waals surface area contributed by atoms with Gasteiger partial charge in [0.2, 0.25) is 21.8 Å². The third-order valence-corrected chi connectivity index (χ3v) is 8.12. The standard InChI is InChI=1S/C25H33N3O4S/c1-16(2)24(29)26-21-8-6-18(4)23(15-21)27-25(30)20-10-12-28(13-11-20)33(31,32)22-9-7-17(3)19(5)14-22/h6-9,14-16,20H,10-13H2,1-5H3,(H,26,29)(H,27,30). The minimum Gasteiger partial charge on any atom is -0.326 e. The zero-order valence-corrected chi connectivity index (χ0v) is 20.8. The Balaban J connectivity index is 1.64. The lowest BCUT2D eigenvalue weighted by Gasteiger charge is -2.30. The Hall–Kier alpha value is -2.71. The number of hydrogen-bond acceptors (Lipinski definition) is 4. The highest BCUT2D eigenvalue weighted by atomic mass is 32.2. The predicted molar refractivity (Wildman–Crippen MR) is 131 cm³/mol. The van der Waals surface area contributed by atoms with Crippen molar-refractivity contribution in [2.24, 2.45) is 11.8 Å². The minimum absolute atomic E-state index is 0.0894. The van der Waals surface area contributed by atoms with Crippen molar-refractivity contribution in [3.8, 4) is 0 Å². The molecule has 0 atom stereocenters. The van der Waals surface area contributed by atoms with Gasteiger partial charge >= 0.3 is 0 Å². The maximum Gasteiger partial charge on any atom is 0.243 e. The molecule has 0 aromatic heterocycles. The van der Waals surface area contributed by atoms with Gasteiger partial charge in [-0.05, 0) is 74.6 Å². The molecule has 0 saturated carbocycles. The Morgan fingerprint density at radius 1 is 0.909 bits per heavy atom. The van der Waals surface area contributed by atoms with E-state index in [-0.39, 0.29) is 23.7 Å². The highest BCUT2D eigenvalue weighted by molar-refractivity contribution is 7.89. The molecule has 2 aromatic carbocycles. The number of aryl methyl sites for hydroxylation is 3. The molecule has 0 unspecified atom stereocenters. The van der Waals surface area contributed by atoms with E-state index < -0.39 is 10.0 Å². The van der Waals surface area contributed by atoms with Gasteiger partial charge in [-0.15, -0.1) is 0 Å². The van der Waals surface area contributed by atoms with Gasteiger partial charge in [-0.2, -0.15) is 4.31 Å². The summed E-state index contributed by atoms with van der Waals surface area (Å²) in [4.78, 5) is 25.2. The molecule has 178 valence electrons. The van der Waals surface area contributed by atoms with Crippen molar-refractivity contribution in [1.82, 2.24) is 4.31 Å². The van der Waals surface area contributed by atoms with E-state index in [1.807, 2.05) is 46.8 Å². The number of carbonyl (C=O) groups excluding carboxylic acids is 2. The van der Waals surface area contributed by atoms with E-state index in [0.717, 1.165) is 16.7 Å². The second kappa shape index (κ2) is 10.1. The number of sulfonamides is 1. The zero-order valence-electron chi connectivity index (χ0n) is 19.9. The molecule has 0 spiro atoms. The van der Waals surface area contributed by atoms with E-state index in [9.17, 15) is 18.0 Å². The average Bonchev–Trinajstić information content (AvgIpc) is 2.77. The van der Waals surface area contributed by atoms with Crippen molar-refractivity contribution in [3.63, 3.8) is 0 Å². The summed E-state index contributed by atoms with van der Waals surface area (Å²) in [6, 6.07) is 10.6. The highest BCUT2D eigenvalue weighted by Crippen LogP contribution is 2.27. The number of nitrogens with zero attached hydrogens (tertiary/aromatic N) is 1. The Labute approximate surface area is 196 Å². The first-order valence-corrected chi connectivity index (χ1v) is 12.7. The molecule has 1 saturated heterocycles. The van der Waals surface area contributed by atoms with E-state index in [2.05, 4.69) is 10.6 Å². The quantitative estimate of drug-likeness (QED) is 0.659. The van der Waals surface area contributed by atoms with Crippen molar-refractivity contribution in [2.45, 2.75) is 52.4 Å². The molecule has 8 heteroatoms. The molecular formula is C25H33N3O4S. The molecule has 1 aliphatic heterocycles. The molecule has 2 amide bonds. The lowest BCUT2D eigenvalue weighted by molar-refractivity contribution is -0.121. The molecule has 0 bridgehead atoms. The summed E-state index contributed by atoms with van der Waals surface area (Å²) in [5.41, 5.74) is 4.15. The van der Waals surface area contributed by atoms with Crippen LogP contribution in [0.15, 0.2) is 41.3 Å². The first kappa shape index (κ1) is 24.9. The van der Waals surface area contributed by atoms with E-state index in [1.165, 1.54) is 4.31 Å². The van der Waals surface area contributed by atoms with Gasteiger partial charge in [-0.1, -0.05) is 26.0 Å². The number of rotatable bonds is 6. The van der Waals surface area contributed by atoms with Gasteiger partial charge in [-0.3, -0.25) is 9.59 Å². The minimum atomic E-state index is -3.58. The molecule has 3 rings (SSSR count). The molecule has 1 fully saturated rings. The van der Waals surface area contributed by atoms with Crippen LogP contribution in [0.25, 0.3) is 0 Å². The second-order valence-electron chi connectivity index (χ2n) is 9.09. The second-order valence-corrected chi connectivity index (χ2v) is 11.0.